The van der Waals surface area contributed by atoms with Crippen molar-refractivity contribution in [2.24, 2.45) is 4.99 Å². The molecule has 1 aromatic rings. The molecule has 0 saturated carbocycles. The zero-order valence-electron chi connectivity index (χ0n) is 12.7. The summed E-state index contributed by atoms with van der Waals surface area (Å²) < 4.78 is 29.7. The lowest BCUT2D eigenvalue weighted by atomic mass is 10.4. The Morgan fingerprint density at radius 1 is 1.59 bits per heavy atom. The van der Waals surface area contributed by atoms with E-state index in [1.54, 1.807) is 13.1 Å². The minimum absolute atomic E-state index is 0. The van der Waals surface area contributed by atoms with Gasteiger partial charge in [0.25, 0.3) is 0 Å². The van der Waals surface area contributed by atoms with Crippen molar-refractivity contribution in [3.05, 3.63) is 18.0 Å². The molecule has 0 aliphatic carbocycles. The van der Waals surface area contributed by atoms with Crippen LogP contribution in [0.15, 0.2) is 21.8 Å². The second-order valence-corrected chi connectivity index (χ2v) is 6.98. The van der Waals surface area contributed by atoms with Gasteiger partial charge in [0.1, 0.15) is 12.0 Å². The Bertz CT molecular complexity index is 576. The van der Waals surface area contributed by atoms with Crippen LogP contribution in [0.3, 0.4) is 0 Å². The van der Waals surface area contributed by atoms with Gasteiger partial charge in [-0.3, -0.25) is 4.99 Å². The number of rotatable bonds is 5. The lowest BCUT2D eigenvalue weighted by Gasteiger charge is -2.22. The van der Waals surface area contributed by atoms with E-state index in [1.165, 1.54) is 10.6 Å². The topological polar surface area (TPSA) is 91.0 Å². The van der Waals surface area contributed by atoms with Crippen molar-refractivity contribution >= 4 is 40.0 Å². The predicted molar refractivity (Wildman–Crippen MR) is 94.7 cm³/mol. The molecule has 0 aromatic carbocycles. The minimum atomic E-state index is -3.04. The Morgan fingerprint density at radius 3 is 2.91 bits per heavy atom. The number of hydrogen-bond acceptors (Lipinski definition) is 5. The third-order valence-electron chi connectivity index (χ3n) is 3.31. The van der Waals surface area contributed by atoms with Crippen LogP contribution in [0.2, 0.25) is 0 Å². The van der Waals surface area contributed by atoms with Gasteiger partial charge in [-0.2, -0.15) is 0 Å². The quantitative estimate of drug-likeness (QED) is 0.401. The summed E-state index contributed by atoms with van der Waals surface area (Å²) in [7, 11) is 0.539. The Labute approximate surface area is 148 Å². The normalized spacial score (nSPS) is 18.0. The van der Waals surface area contributed by atoms with Gasteiger partial charge in [0.2, 0.25) is 10.0 Å². The number of sulfonamides is 1. The molecule has 0 amide bonds. The number of aliphatic imine (C=N–C) groups is 1. The van der Waals surface area contributed by atoms with Gasteiger partial charge >= 0.3 is 0 Å². The van der Waals surface area contributed by atoms with Gasteiger partial charge in [-0.15, -0.1) is 24.0 Å². The molecule has 1 aromatic heterocycles. The third-order valence-corrected chi connectivity index (χ3v) is 5.27. The molecule has 0 bridgehead atoms. The number of guanidine groups is 1. The summed E-state index contributed by atoms with van der Waals surface area (Å²) >= 11 is 0. The maximum absolute atomic E-state index is 11.7. The molecule has 1 aliphatic heterocycles. The first-order valence-electron chi connectivity index (χ1n) is 6.82. The van der Waals surface area contributed by atoms with E-state index in [0.29, 0.717) is 38.6 Å². The highest BCUT2D eigenvalue weighted by Crippen LogP contribution is 2.11. The van der Waals surface area contributed by atoms with E-state index in [4.69, 9.17) is 4.52 Å². The summed E-state index contributed by atoms with van der Waals surface area (Å²) in [6.45, 7) is 2.16. The second-order valence-electron chi connectivity index (χ2n) is 4.89. The fourth-order valence-electron chi connectivity index (χ4n) is 2.26. The van der Waals surface area contributed by atoms with Crippen molar-refractivity contribution < 1.29 is 12.9 Å². The maximum Gasteiger partial charge on any atom is 0.214 e. The van der Waals surface area contributed by atoms with Gasteiger partial charge in [0.05, 0.1) is 12.3 Å². The van der Waals surface area contributed by atoms with Crippen LogP contribution in [0, 0.1) is 0 Å². The molecule has 10 heteroatoms. The highest BCUT2D eigenvalue weighted by atomic mass is 127. The van der Waals surface area contributed by atoms with Crippen molar-refractivity contribution in [1.82, 2.24) is 19.7 Å². The van der Waals surface area contributed by atoms with E-state index in [9.17, 15) is 8.42 Å². The fraction of sp³-hybridized carbons (Fsp3) is 0.667. The summed E-state index contributed by atoms with van der Waals surface area (Å²) in [6, 6.07) is 1.79. The molecule has 8 nitrogen and oxygen atoms in total. The van der Waals surface area contributed by atoms with E-state index in [0.717, 1.165) is 5.69 Å². The predicted octanol–water partition coefficient (Wildman–Crippen LogP) is 0.335. The number of halogens is 1. The van der Waals surface area contributed by atoms with Crippen molar-refractivity contribution in [2.45, 2.75) is 13.0 Å². The first-order valence-corrected chi connectivity index (χ1v) is 8.43. The second kappa shape index (κ2) is 8.67. The van der Waals surface area contributed by atoms with Gasteiger partial charge in [-0.05, 0) is 6.42 Å². The average Bonchev–Trinajstić information content (AvgIpc) is 3.04. The van der Waals surface area contributed by atoms with Crippen LogP contribution >= 0.6 is 24.0 Å². The molecule has 1 fully saturated rings. The molecule has 0 radical (unpaired) electrons. The summed E-state index contributed by atoms with van der Waals surface area (Å²) in [4.78, 5) is 6.07. The molecule has 0 unspecified atom stereocenters. The highest BCUT2D eigenvalue weighted by Gasteiger charge is 2.27. The number of nitrogens with zero attached hydrogens (tertiary/aromatic N) is 4. The first kappa shape index (κ1) is 19.2. The van der Waals surface area contributed by atoms with E-state index in [1.807, 2.05) is 11.9 Å². The van der Waals surface area contributed by atoms with Crippen LogP contribution in [-0.2, 0) is 16.6 Å². The van der Waals surface area contributed by atoms with Crippen LogP contribution in [0.25, 0.3) is 0 Å². The Morgan fingerprint density at radius 2 is 2.36 bits per heavy atom. The van der Waals surface area contributed by atoms with Gasteiger partial charge in [-0.25, -0.2) is 12.7 Å². The molecule has 1 aliphatic rings. The largest absolute Gasteiger partial charge is 0.364 e. The maximum atomic E-state index is 11.7. The van der Waals surface area contributed by atoms with Crippen molar-refractivity contribution in [3.63, 3.8) is 0 Å². The molecular formula is C12H22IN5O3S. The fourth-order valence-corrected chi connectivity index (χ4v) is 3.79. The molecule has 1 saturated heterocycles. The molecule has 126 valence electrons. The standard InChI is InChI=1S/C12H21N5O3S.HI/c1-13-12(16(2)10-11-4-8-20-15-11)14-5-7-17-6-3-9-21(17,18)19;/h4,8H,3,5-7,9-10H2,1-2H3,(H,13,14);1H. The molecule has 2 rings (SSSR count). The zero-order chi connectivity index (χ0) is 15.3. The summed E-state index contributed by atoms with van der Waals surface area (Å²) in [5.41, 5.74) is 0.808. The average molecular weight is 443 g/mol. The number of hydrogen-bond donors (Lipinski definition) is 1. The summed E-state index contributed by atoms with van der Waals surface area (Å²) in [6.07, 6.45) is 2.24. The van der Waals surface area contributed by atoms with Crippen molar-refractivity contribution in [3.8, 4) is 0 Å². The van der Waals surface area contributed by atoms with E-state index in [-0.39, 0.29) is 29.7 Å². The van der Waals surface area contributed by atoms with Crippen LogP contribution in [-0.4, -0.2) is 68.2 Å². The van der Waals surface area contributed by atoms with E-state index >= 15 is 0 Å². The molecule has 2 heterocycles. The lowest BCUT2D eigenvalue weighted by Crippen LogP contribution is -2.42. The molecule has 22 heavy (non-hydrogen) atoms. The summed E-state index contributed by atoms with van der Waals surface area (Å²) in [5.74, 6) is 0.947. The highest BCUT2D eigenvalue weighted by molar-refractivity contribution is 14.0. The van der Waals surface area contributed by atoms with Crippen molar-refractivity contribution in [1.29, 1.82) is 0 Å². The van der Waals surface area contributed by atoms with E-state index in [2.05, 4.69) is 15.5 Å². The van der Waals surface area contributed by atoms with Crippen LogP contribution in [0.5, 0.6) is 0 Å². The molecular weight excluding hydrogens is 421 g/mol. The third kappa shape index (κ3) is 5.09. The summed E-state index contributed by atoms with van der Waals surface area (Å²) in [5, 5.41) is 7.01. The van der Waals surface area contributed by atoms with E-state index < -0.39 is 10.0 Å². The monoisotopic (exact) mass is 443 g/mol. The Balaban J connectivity index is 0.00000242. The minimum Gasteiger partial charge on any atom is -0.364 e. The number of nitrogens with one attached hydrogen (secondary N) is 1. The number of aromatic nitrogens is 1. The van der Waals surface area contributed by atoms with Crippen LogP contribution in [0.1, 0.15) is 12.1 Å². The van der Waals surface area contributed by atoms with Crippen LogP contribution < -0.4 is 5.32 Å². The smallest absolute Gasteiger partial charge is 0.214 e. The molecule has 1 N–H and O–H groups in total. The van der Waals surface area contributed by atoms with Crippen molar-refractivity contribution in [2.75, 3.05) is 39.5 Å². The first-order chi connectivity index (χ1) is 10.0. The zero-order valence-corrected chi connectivity index (χ0v) is 15.9. The van der Waals surface area contributed by atoms with Gasteiger partial charge in [0, 0.05) is 39.8 Å². The SMILES string of the molecule is CN=C(NCCN1CCCS1(=O)=O)N(C)Cc1ccon1.I. The Kier molecular flexibility index (Phi) is 7.56. The lowest BCUT2D eigenvalue weighted by molar-refractivity contribution is 0.389. The van der Waals surface area contributed by atoms with Gasteiger partial charge < -0.3 is 14.7 Å². The Hall–Kier alpha value is -0.880. The van der Waals surface area contributed by atoms with Gasteiger partial charge in [-0.1, -0.05) is 5.16 Å². The van der Waals surface area contributed by atoms with Gasteiger partial charge in [0.15, 0.2) is 5.96 Å². The molecule has 0 spiro atoms. The van der Waals surface area contributed by atoms with Crippen LogP contribution in [0.4, 0.5) is 0 Å². The molecule has 0 atom stereocenters.